The van der Waals surface area contributed by atoms with Gasteiger partial charge in [0.15, 0.2) is 0 Å². The minimum absolute atomic E-state index is 0.183. The van der Waals surface area contributed by atoms with Crippen molar-refractivity contribution in [2.24, 2.45) is 5.92 Å². The summed E-state index contributed by atoms with van der Waals surface area (Å²) >= 11 is 0. The molecule has 0 fully saturated rings. The van der Waals surface area contributed by atoms with E-state index in [2.05, 4.69) is 16.0 Å². The SMILES string of the molecule is CCCN1C(=O)NC(c2cccc(NC(=O)Nc3ccc(C)cc3)c2)C(C(=O)OCC(C)C)=C1C. The summed E-state index contributed by atoms with van der Waals surface area (Å²) in [5.74, 6) is -0.277. The van der Waals surface area contributed by atoms with E-state index in [0.29, 0.717) is 34.8 Å². The number of allylic oxidation sites excluding steroid dienone is 1. The fourth-order valence-electron chi connectivity index (χ4n) is 3.84. The van der Waals surface area contributed by atoms with E-state index in [0.717, 1.165) is 12.0 Å². The van der Waals surface area contributed by atoms with Crippen molar-refractivity contribution in [2.75, 3.05) is 23.8 Å². The number of carbonyl (C=O) groups excluding carboxylic acids is 3. The maximum Gasteiger partial charge on any atom is 0.338 e. The van der Waals surface area contributed by atoms with Gasteiger partial charge in [0.25, 0.3) is 0 Å². The minimum Gasteiger partial charge on any atom is -0.462 e. The quantitative estimate of drug-likeness (QED) is 0.431. The number of carbonyl (C=O) groups is 3. The Hall–Kier alpha value is -3.81. The van der Waals surface area contributed by atoms with E-state index in [1.165, 1.54) is 0 Å². The molecule has 8 heteroatoms. The molecule has 3 N–H and O–H groups in total. The van der Waals surface area contributed by atoms with Crippen LogP contribution in [0.5, 0.6) is 0 Å². The zero-order chi connectivity index (χ0) is 25.5. The van der Waals surface area contributed by atoms with E-state index < -0.39 is 18.0 Å². The van der Waals surface area contributed by atoms with Gasteiger partial charge < -0.3 is 20.7 Å². The van der Waals surface area contributed by atoms with E-state index in [9.17, 15) is 14.4 Å². The van der Waals surface area contributed by atoms with Gasteiger partial charge in [-0.25, -0.2) is 14.4 Å². The Bertz CT molecular complexity index is 1110. The molecular weight excluding hydrogens is 444 g/mol. The second-order valence-corrected chi connectivity index (χ2v) is 9.10. The van der Waals surface area contributed by atoms with Gasteiger partial charge in [-0.1, -0.05) is 50.6 Å². The second kappa shape index (κ2) is 11.6. The van der Waals surface area contributed by atoms with Crippen LogP contribution in [0.1, 0.15) is 51.3 Å². The fourth-order valence-corrected chi connectivity index (χ4v) is 3.84. The molecule has 2 aromatic carbocycles. The average Bonchev–Trinajstić information content (AvgIpc) is 2.81. The smallest absolute Gasteiger partial charge is 0.338 e. The Kier molecular flexibility index (Phi) is 8.52. The van der Waals surface area contributed by atoms with Gasteiger partial charge in [0, 0.05) is 23.6 Å². The summed E-state index contributed by atoms with van der Waals surface area (Å²) in [6.45, 7) is 10.4. The number of rotatable bonds is 8. The Morgan fingerprint density at radius 1 is 1.06 bits per heavy atom. The molecule has 2 aromatic rings. The number of urea groups is 2. The summed E-state index contributed by atoms with van der Waals surface area (Å²) in [4.78, 5) is 40.0. The highest BCUT2D eigenvalue weighted by Gasteiger charge is 2.36. The van der Waals surface area contributed by atoms with Crippen molar-refractivity contribution in [3.63, 3.8) is 0 Å². The number of hydrogen-bond acceptors (Lipinski definition) is 4. The Morgan fingerprint density at radius 3 is 2.40 bits per heavy atom. The molecule has 0 spiro atoms. The molecule has 0 aromatic heterocycles. The average molecular weight is 479 g/mol. The van der Waals surface area contributed by atoms with E-state index in [4.69, 9.17) is 4.74 Å². The Balaban J connectivity index is 1.86. The van der Waals surface area contributed by atoms with Gasteiger partial charge in [0.05, 0.1) is 18.2 Å². The fraction of sp³-hybridized carbons (Fsp3) is 0.370. The van der Waals surface area contributed by atoms with E-state index in [-0.39, 0.29) is 18.6 Å². The monoisotopic (exact) mass is 478 g/mol. The summed E-state index contributed by atoms with van der Waals surface area (Å²) in [5.41, 5.74) is 3.93. The molecule has 186 valence electrons. The third-order valence-electron chi connectivity index (χ3n) is 5.60. The lowest BCUT2D eigenvalue weighted by atomic mass is 9.94. The van der Waals surface area contributed by atoms with Crippen molar-refractivity contribution < 1.29 is 19.1 Å². The van der Waals surface area contributed by atoms with E-state index >= 15 is 0 Å². The van der Waals surface area contributed by atoms with Crippen LogP contribution in [0.3, 0.4) is 0 Å². The van der Waals surface area contributed by atoms with Crippen molar-refractivity contribution >= 4 is 29.4 Å². The molecule has 1 aliphatic heterocycles. The number of amides is 4. The summed E-state index contributed by atoms with van der Waals surface area (Å²) < 4.78 is 5.54. The molecule has 0 bridgehead atoms. The lowest BCUT2D eigenvalue weighted by Gasteiger charge is -2.35. The number of nitrogens with zero attached hydrogens (tertiary/aromatic N) is 1. The van der Waals surface area contributed by atoms with Crippen LogP contribution in [-0.4, -0.2) is 36.1 Å². The first-order chi connectivity index (χ1) is 16.7. The molecule has 0 saturated carbocycles. The first kappa shape index (κ1) is 25.8. The van der Waals surface area contributed by atoms with Gasteiger partial charge in [0.2, 0.25) is 0 Å². The predicted octanol–water partition coefficient (Wildman–Crippen LogP) is 5.59. The molecule has 3 rings (SSSR count). The molecule has 35 heavy (non-hydrogen) atoms. The molecule has 0 aliphatic carbocycles. The topological polar surface area (TPSA) is 99.8 Å². The van der Waals surface area contributed by atoms with Crippen LogP contribution in [0, 0.1) is 12.8 Å². The Labute approximate surface area is 206 Å². The number of hydrogen-bond donors (Lipinski definition) is 3. The van der Waals surface area contributed by atoms with Gasteiger partial charge in [0.1, 0.15) is 0 Å². The molecular formula is C27H34N4O4. The highest BCUT2D eigenvalue weighted by Crippen LogP contribution is 2.32. The van der Waals surface area contributed by atoms with Gasteiger partial charge in [-0.2, -0.15) is 0 Å². The predicted molar refractivity (Wildman–Crippen MR) is 137 cm³/mol. The van der Waals surface area contributed by atoms with Crippen molar-refractivity contribution in [3.8, 4) is 0 Å². The van der Waals surface area contributed by atoms with Crippen molar-refractivity contribution in [1.82, 2.24) is 10.2 Å². The van der Waals surface area contributed by atoms with Crippen LogP contribution in [0.25, 0.3) is 0 Å². The number of ether oxygens (including phenoxy) is 1. The Morgan fingerprint density at radius 2 is 1.74 bits per heavy atom. The summed E-state index contributed by atoms with van der Waals surface area (Å²) in [7, 11) is 0. The maximum absolute atomic E-state index is 13.1. The molecule has 0 radical (unpaired) electrons. The highest BCUT2D eigenvalue weighted by molar-refractivity contribution is 6.00. The van der Waals surface area contributed by atoms with Crippen LogP contribution in [0.4, 0.5) is 21.0 Å². The van der Waals surface area contributed by atoms with Crippen molar-refractivity contribution in [1.29, 1.82) is 0 Å². The van der Waals surface area contributed by atoms with Crippen molar-refractivity contribution in [2.45, 2.75) is 47.1 Å². The zero-order valence-electron chi connectivity index (χ0n) is 21.0. The molecule has 4 amide bonds. The minimum atomic E-state index is -0.697. The molecule has 1 aliphatic rings. The summed E-state index contributed by atoms with van der Waals surface area (Å²) in [5, 5.41) is 8.55. The van der Waals surface area contributed by atoms with Gasteiger partial charge in [-0.05, 0) is 56.0 Å². The number of anilines is 2. The zero-order valence-corrected chi connectivity index (χ0v) is 21.0. The van der Waals surface area contributed by atoms with Crippen LogP contribution in [0.15, 0.2) is 59.8 Å². The van der Waals surface area contributed by atoms with Gasteiger partial charge >= 0.3 is 18.0 Å². The summed E-state index contributed by atoms with van der Waals surface area (Å²) in [6.07, 6.45) is 0.749. The lowest BCUT2D eigenvalue weighted by molar-refractivity contribution is -0.140. The third kappa shape index (κ3) is 6.62. The van der Waals surface area contributed by atoms with Gasteiger partial charge in [-0.15, -0.1) is 0 Å². The van der Waals surface area contributed by atoms with Crippen LogP contribution in [-0.2, 0) is 9.53 Å². The number of nitrogens with one attached hydrogen (secondary N) is 3. The highest BCUT2D eigenvalue weighted by atomic mass is 16.5. The molecule has 8 nitrogen and oxygen atoms in total. The van der Waals surface area contributed by atoms with Crippen LogP contribution in [0.2, 0.25) is 0 Å². The van der Waals surface area contributed by atoms with Crippen molar-refractivity contribution in [3.05, 3.63) is 70.9 Å². The molecule has 1 heterocycles. The molecule has 1 atom stereocenters. The molecule has 0 saturated heterocycles. The summed E-state index contributed by atoms with van der Waals surface area (Å²) in [6, 6.07) is 13.2. The van der Waals surface area contributed by atoms with Crippen LogP contribution < -0.4 is 16.0 Å². The normalized spacial score (nSPS) is 15.7. The standard InChI is InChI=1S/C27H34N4O4/c1-6-14-31-19(5)23(25(32)35-16-17(2)3)24(30-27(31)34)20-8-7-9-22(15-20)29-26(33)28-21-12-10-18(4)11-13-21/h7-13,15,17,24H,6,14,16H2,1-5H3,(H,30,34)(H2,28,29,33). The lowest BCUT2D eigenvalue weighted by Crippen LogP contribution is -2.48. The second-order valence-electron chi connectivity index (χ2n) is 9.10. The van der Waals surface area contributed by atoms with E-state index in [1.54, 1.807) is 30.0 Å². The third-order valence-corrected chi connectivity index (χ3v) is 5.60. The van der Waals surface area contributed by atoms with Crippen LogP contribution >= 0.6 is 0 Å². The number of benzene rings is 2. The first-order valence-electron chi connectivity index (χ1n) is 11.9. The largest absolute Gasteiger partial charge is 0.462 e. The molecule has 1 unspecified atom stereocenters. The first-order valence-corrected chi connectivity index (χ1v) is 11.9. The number of aryl methyl sites for hydroxylation is 1. The maximum atomic E-state index is 13.1. The van der Waals surface area contributed by atoms with E-state index in [1.807, 2.05) is 58.0 Å². The van der Waals surface area contributed by atoms with Gasteiger partial charge in [-0.3, -0.25) is 4.90 Å². The number of esters is 1.